The number of hydrogen-bond donors (Lipinski definition) is 1. The predicted octanol–water partition coefficient (Wildman–Crippen LogP) is 3.22. The van der Waals surface area contributed by atoms with Crippen molar-refractivity contribution in [2.45, 2.75) is 56.5 Å². The van der Waals surface area contributed by atoms with Gasteiger partial charge in [-0.05, 0) is 25.7 Å². The van der Waals surface area contributed by atoms with Crippen molar-refractivity contribution in [1.29, 1.82) is 0 Å². The van der Waals surface area contributed by atoms with Crippen molar-refractivity contribution in [2.24, 2.45) is 0 Å². The van der Waals surface area contributed by atoms with Crippen LogP contribution in [0.15, 0.2) is 0 Å². The number of ether oxygens (including phenoxy) is 1. The van der Waals surface area contributed by atoms with Crippen LogP contribution in [0.1, 0.15) is 55.0 Å². The van der Waals surface area contributed by atoms with Gasteiger partial charge in [0.2, 0.25) is 0 Å². The molecule has 0 spiro atoms. The zero-order chi connectivity index (χ0) is 16.1. The summed E-state index contributed by atoms with van der Waals surface area (Å²) in [4.78, 5) is 0. The summed E-state index contributed by atoms with van der Waals surface area (Å²) in [6, 6.07) is 0. The molecule has 2 aliphatic rings. The highest BCUT2D eigenvalue weighted by molar-refractivity contribution is 5.35. The molecule has 1 N–H and O–H groups in total. The molecule has 0 bridgehead atoms. The van der Waals surface area contributed by atoms with Gasteiger partial charge < -0.3 is 9.84 Å². The SMILES string of the molecule is O[C@H]1c2c(C(F)(F)F)nn(C3CCCCO3)c2CCC1(F)F. The quantitative estimate of drug-likeness (QED) is 0.806. The monoisotopic (exact) mass is 326 g/mol. The van der Waals surface area contributed by atoms with Crippen LogP contribution in [-0.2, 0) is 17.3 Å². The van der Waals surface area contributed by atoms with Gasteiger partial charge in [0, 0.05) is 24.3 Å². The van der Waals surface area contributed by atoms with E-state index in [4.69, 9.17) is 4.74 Å². The zero-order valence-corrected chi connectivity index (χ0v) is 11.5. The average molecular weight is 326 g/mol. The van der Waals surface area contributed by atoms with Crippen LogP contribution in [0.5, 0.6) is 0 Å². The lowest BCUT2D eigenvalue weighted by Crippen LogP contribution is -2.34. The standard InChI is InChI=1S/C13H15F5N2O2/c14-12(15)5-4-7-9(11(12)21)10(13(16,17)18)19-20(7)8-3-1-2-6-22-8/h8,11,21H,1-6H2/t8?,11-/m0/s1. The second-order valence-electron chi connectivity index (χ2n) is 5.64. The molecule has 1 aliphatic heterocycles. The van der Waals surface area contributed by atoms with Gasteiger partial charge in [0.15, 0.2) is 5.69 Å². The average Bonchev–Trinajstić information content (AvgIpc) is 2.84. The maximum absolute atomic E-state index is 13.6. The number of aromatic nitrogens is 2. The van der Waals surface area contributed by atoms with Crippen molar-refractivity contribution >= 4 is 0 Å². The van der Waals surface area contributed by atoms with Gasteiger partial charge in [0.1, 0.15) is 12.3 Å². The maximum Gasteiger partial charge on any atom is 0.435 e. The number of halogens is 5. The molecule has 1 aromatic heterocycles. The van der Waals surface area contributed by atoms with Gasteiger partial charge in [0.05, 0.1) is 0 Å². The molecule has 1 fully saturated rings. The number of aliphatic hydroxyl groups is 1. The van der Waals surface area contributed by atoms with Crippen LogP contribution in [0.3, 0.4) is 0 Å². The van der Waals surface area contributed by atoms with Crippen LogP contribution in [0.25, 0.3) is 0 Å². The summed E-state index contributed by atoms with van der Waals surface area (Å²) in [5, 5.41) is 13.2. The molecular formula is C13H15F5N2O2. The second kappa shape index (κ2) is 5.16. The van der Waals surface area contributed by atoms with Crippen molar-refractivity contribution in [2.75, 3.05) is 6.61 Å². The van der Waals surface area contributed by atoms with E-state index in [1.807, 2.05) is 0 Å². The molecule has 9 heteroatoms. The molecule has 0 amide bonds. The summed E-state index contributed by atoms with van der Waals surface area (Å²) in [7, 11) is 0. The van der Waals surface area contributed by atoms with Crippen LogP contribution in [0.2, 0.25) is 0 Å². The van der Waals surface area contributed by atoms with Crippen molar-refractivity contribution in [3.05, 3.63) is 17.0 Å². The van der Waals surface area contributed by atoms with Crippen LogP contribution in [0.4, 0.5) is 22.0 Å². The summed E-state index contributed by atoms with van der Waals surface area (Å²) in [6.07, 6.45) is -7.05. The van der Waals surface area contributed by atoms with Crippen LogP contribution in [0, 0.1) is 0 Å². The van der Waals surface area contributed by atoms with Crippen molar-refractivity contribution in [1.82, 2.24) is 9.78 Å². The fourth-order valence-corrected chi connectivity index (χ4v) is 3.02. The number of fused-ring (bicyclic) bond motifs is 1. The van der Waals surface area contributed by atoms with E-state index < -0.39 is 42.1 Å². The number of hydrogen-bond acceptors (Lipinski definition) is 3. The lowest BCUT2D eigenvalue weighted by Gasteiger charge is -2.30. The summed E-state index contributed by atoms with van der Waals surface area (Å²) >= 11 is 0. The Balaban J connectivity index is 2.10. The van der Waals surface area contributed by atoms with Crippen molar-refractivity contribution in [3.8, 4) is 0 Å². The van der Waals surface area contributed by atoms with Gasteiger partial charge in [-0.2, -0.15) is 18.3 Å². The van der Waals surface area contributed by atoms with E-state index in [0.29, 0.717) is 13.0 Å². The third-order valence-corrected chi connectivity index (χ3v) is 4.12. The molecule has 3 rings (SSSR count). The van der Waals surface area contributed by atoms with Crippen LogP contribution < -0.4 is 0 Å². The molecule has 1 saturated heterocycles. The third kappa shape index (κ3) is 2.50. The second-order valence-corrected chi connectivity index (χ2v) is 5.64. The van der Waals surface area contributed by atoms with Gasteiger partial charge in [-0.25, -0.2) is 13.5 Å². The molecule has 4 nitrogen and oxygen atoms in total. The Hall–Kier alpha value is -1.22. The van der Waals surface area contributed by atoms with Crippen molar-refractivity contribution < 1.29 is 31.8 Å². The minimum atomic E-state index is -4.90. The molecule has 1 unspecified atom stereocenters. The number of alkyl halides is 5. The first-order valence-corrected chi connectivity index (χ1v) is 7.08. The molecule has 1 aromatic rings. The normalized spacial score (nSPS) is 28.5. The van der Waals surface area contributed by atoms with E-state index in [1.54, 1.807) is 0 Å². The van der Waals surface area contributed by atoms with E-state index >= 15 is 0 Å². The molecule has 0 radical (unpaired) electrons. The number of aliphatic hydroxyl groups excluding tert-OH is 1. The molecular weight excluding hydrogens is 311 g/mol. The van der Waals surface area contributed by atoms with E-state index in [1.165, 1.54) is 0 Å². The topological polar surface area (TPSA) is 47.3 Å². The fraction of sp³-hybridized carbons (Fsp3) is 0.769. The molecule has 22 heavy (non-hydrogen) atoms. The number of nitrogens with zero attached hydrogens (tertiary/aromatic N) is 2. The highest BCUT2D eigenvalue weighted by atomic mass is 19.4. The summed E-state index contributed by atoms with van der Waals surface area (Å²) < 4.78 is 73.0. The van der Waals surface area contributed by atoms with Gasteiger partial charge in [-0.3, -0.25) is 0 Å². The Kier molecular flexibility index (Phi) is 3.67. The Morgan fingerprint density at radius 3 is 2.59 bits per heavy atom. The summed E-state index contributed by atoms with van der Waals surface area (Å²) in [5.41, 5.74) is -2.25. The Labute approximate surface area is 122 Å². The molecule has 1 aliphatic carbocycles. The van der Waals surface area contributed by atoms with E-state index in [-0.39, 0.29) is 12.1 Å². The predicted molar refractivity (Wildman–Crippen MR) is 64.3 cm³/mol. The highest BCUT2D eigenvalue weighted by Crippen LogP contribution is 2.47. The van der Waals surface area contributed by atoms with Crippen LogP contribution >= 0.6 is 0 Å². The molecule has 0 saturated carbocycles. The largest absolute Gasteiger partial charge is 0.435 e. The smallest absolute Gasteiger partial charge is 0.382 e. The molecule has 0 aromatic carbocycles. The van der Waals surface area contributed by atoms with E-state index in [2.05, 4.69) is 5.10 Å². The third-order valence-electron chi connectivity index (χ3n) is 4.12. The highest BCUT2D eigenvalue weighted by Gasteiger charge is 2.51. The minimum absolute atomic E-state index is 0.00218. The molecule has 2 atom stereocenters. The van der Waals surface area contributed by atoms with Crippen LogP contribution in [-0.4, -0.2) is 27.4 Å². The first-order valence-electron chi connectivity index (χ1n) is 7.08. The van der Waals surface area contributed by atoms with Gasteiger partial charge in [-0.1, -0.05) is 0 Å². The van der Waals surface area contributed by atoms with Crippen molar-refractivity contribution in [3.63, 3.8) is 0 Å². The first-order chi connectivity index (χ1) is 10.2. The van der Waals surface area contributed by atoms with E-state index in [9.17, 15) is 27.1 Å². The van der Waals surface area contributed by atoms with Gasteiger partial charge in [-0.15, -0.1) is 0 Å². The Morgan fingerprint density at radius 1 is 1.27 bits per heavy atom. The number of rotatable bonds is 1. The summed E-state index contributed by atoms with van der Waals surface area (Å²) in [5.74, 6) is -3.59. The van der Waals surface area contributed by atoms with Gasteiger partial charge in [0.25, 0.3) is 5.92 Å². The first kappa shape index (κ1) is 15.7. The lowest BCUT2D eigenvalue weighted by molar-refractivity contribution is -0.150. The minimum Gasteiger partial charge on any atom is -0.382 e. The fourth-order valence-electron chi connectivity index (χ4n) is 3.02. The van der Waals surface area contributed by atoms with Gasteiger partial charge >= 0.3 is 6.18 Å². The maximum atomic E-state index is 13.6. The Morgan fingerprint density at radius 2 is 2.00 bits per heavy atom. The molecule has 124 valence electrons. The zero-order valence-electron chi connectivity index (χ0n) is 11.5. The van der Waals surface area contributed by atoms with E-state index in [0.717, 1.165) is 17.5 Å². The summed E-state index contributed by atoms with van der Waals surface area (Å²) in [6.45, 7) is 0.388. The Bertz CT molecular complexity index is 564. The molecule has 2 heterocycles. The lowest BCUT2D eigenvalue weighted by atomic mass is 9.89.